The van der Waals surface area contributed by atoms with Crippen LogP contribution in [0.2, 0.25) is 0 Å². The number of carboxylic acid groups (broad SMARTS) is 1. The Hall–Kier alpha value is -3.29. The minimum absolute atomic E-state index is 0.00633. The van der Waals surface area contributed by atoms with Crippen molar-refractivity contribution in [2.45, 2.75) is 0 Å². The molecule has 8 heteroatoms. The first-order valence-electron chi connectivity index (χ1n) is 5.90. The van der Waals surface area contributed by atoms with Crippen LogP contribution < -0.4 is 0 Å². The van der Waals surface area contributed by atoms with Crippen LogP contribution in [-0.4, -0.2) is 30.6 Å². The van der Waals surface area contributed by atoms with Crippen molar-refractivity contribution in [1.29, 1.82) is 0 Å². The van der Waals surface area contributed by atoms with Gasteiger partial charge in [0, 0.05) is 17.7 Å². The SMILES string of the molecule is O=C(O)c1cccc2nc(-c3ccc([N+](=O)[O-])cc3)nn12. The van der Waals surface area contributed by atoms with Gasteiger partial charge in [0.1, 0.15) is 0 Å². The molecule has 0 fully saturated rings. The maximum absolute atomic E-state index is 11.1. The number of hydrogen-bond donors (Lipinski definition) is 1. The van der Waals surface area contributed by atoms with Crippen LogP contribution in [0.15, 0.2) is 42.5 Å². The summed E-state index contributed by atoms with van der Waals surface area (Å²) in [5.41, 5.74) is 0.922. The summed E-state index contributed by atoms with van der Waals surface area (Å²) in [6.07, 6.45) is 0. The van der Waals surface area contributed by atoms with E-state index >= 15 is 0 Å². The number of rotatable bonds is 3. The first kappa shape index (κ1) is 12.7. The maximum atomic E-state index is 11.1. The van der Waals surface area contributed by atoms with Gasteiger partial charge in [0.2, 0.25) is 0 Å². The van der Waals surface area contributed by atoms with Gasteiger partial charge in [-0.05, 0) is 24.3 Å². The average molecular weight is 284 g/mol. The van der Waals surface area contributed by atoms with Crippen molar-refractivity contribution in [3.63, 3.8) is 0 Å². The zero-order valence-corrected chi connectivity index (χ0v) is 10.5. The number of nitro groups is 1. The van der Waals surface area contributed by atoms with Crippen molar-refractivity contribution >= 4 is 17.3 Å². The third-order valence-corrected chi connectivity index (χ3v) is 2.92. The molecule has 8 nitrogen and oxygen atoms in total. The molecule has 0 aliphatic heterocycles. The third-order valence-electron chi connectivity index (χ3n) is 2.92. The number of aromatic carboxylic acids is 1. The Morgan fingerprint density at radius 2 is 1.90 bits per heavy atom. The Kier molecular flexibility index (Phi) is 2.83. The van der Waals surface area contributed by atoms with Crippen molar-refractivity contribution < 1.29 is 14.8 Å². The van der Waals surface area contributed by atoms with Gasteiger partial charge in [-0.1, -0.05) is 6.07 Å². The molecule has 2 heterocycles. The van der Waals surface area contributed by atoms with Crippen LogP contribution in [0, 0.1) is 10.1 Å². The summed E-state index contributed by atoms with van der Waals surface area (Å²) in [5.74, 6) is -0.806. The van der Waals surface area contributed by atoms with E-state index in [1.807, 2.05) is 0 Å². The van der Waals surface area contributed by atoms with Crippen LogP contribution in [0.25, 0.3) is 17.0 Å². The zero-order valence-electron chi connectivity index (χ0n) is 10.5. The predicted molar refractivity (Wildman–Crippen MR) is 72.0 cm³/mol. The largest absolute Gasteiger partial charge is 0.477 e. The summed E-state index contributed by atoms with van der Waals surface area (Å²) in [7, 11) is 0. The smallest absolute Gasteiger partial charge is 0.354 e. The molecule has 0 spiro atoms. The lowest BCUT2D eigenvalue weighted by atomic mass is 10.2. The number of nitro benzene ring substituents is 1. The summed E-state index contributed by atoms with van der Waals surface area (Å²) in [6, 6.07) is 10.4. The number of hydrogen-bond acceptors (Lipinski definition) is 5. The lowest BCUT2D eigenvalue weighted by Gasteiger charge is -1.96. The van der Waals surface area contributed by atoms with Gasteiger partial charge in [-0.3, -0.25) is 10.1 Å². The summed E-state index contributed by atoms with van der Waals surface area (Å²) in [4.78, 5) is 25.5. The van der Waals surface area contributed by atoms with E-state index in [1.165, 1.54) is 34.8 Å². The standard InChI is InChI=1S/C13H8N4O4/c18-13(19)10-2-1-3-11-14-12(15-16(10)11)8-4-6-9(7-5-8)17(20)21/h1-7H,(H,18,19). The fraction of sp³-hybridized carbons (Fsp3) is 0. The fourth-order valence-electron chi connectivity index (χ4n) is 1.92. The second-order valence-electron chi connectivity index (χ2n) is 4.23. The molecule has 104 valence electrons. The number of nitrogens with zero attached hydrogens (tertiary/aromatic N) is 4. The zero-order chi connectivity index (χ0) is 15.0. The molecule has 0 aliphatic rings. The lowest BCUT2D eigenvalue weighted by Crippen LogP contribution is -2.05. The molecule has 2 aromatic heterocycles. The molecular formula is C13H8N4O4. The highest BCUT2D eigenvalue weighted by molar-refractivity contribution is 5.86. The molecule has 3 aromatic rings. The molecular weight excluding hydrogens is 276 g/mol. The highest BCUT2D eigenvalue weighted by Crippen LogP contribution is 2.20. The van der Waals surface area contributed by atoms with Gasteiger partial charge in [0.05, 0.1) is 4.92 Å². The number of aromatic nitrogens is 3. The summed E-state index contributed by atoms with van der Waals surface area (Å²) in [6.45, 7) is 0. The van der Waals surface area contributed by atoms with Gasteiger partial charge < -0.3 is 5.11 Å². The first-order valence-corrected chi connectivity index (χ1v) is 5.90. The van der Waals surface area contributed by atoms with Crippen molar-refractivity contribution in [2.75, 3.05) is 0 Å². The van der Waals surface area contributed by atoms with Crippen LogP contribution in [0.1, 0.15) is 10.5 Å². The Balaban J connectivity index is 2.11. The number of fused-ring (bicyclic) bond motifs is 1. The Labute approximate surface area is 117 Å². The van der Waals surface area contributed by atoms with E-state index in [-0.39, 0.29) is 11.4 Å². The quantitative estimate of drug-likeness (QED) is 0.581. The monoisotopic (exact) mass is 284 g/mol. The highest BCUT2D eigenvalue weighted by atomic mass is 16.6. The number of non-ortho nitro benzene ring substituents is 1. The van der Waals surface area contributed by atoms with Crippen LogP contribution in [0.4, 0.5) is 5.69 Å². The van der Waals surface area contributed by atoms with E-state index in [2.05, 4.69) is 10.1 Å². The Morgan fingerprint density at radius 3 is 2.52 bits per heavy atom. The second kappa shape index (κ2) is 4.67. The highest BCUT2D eigenvalue weighted by Gasteiger charge is 2.13. The third kappa shape index (κ3) is 2.18. The van der Waals surface area contributed by atoms with Gasteiger partial charge in [-0.15, -0.1) is 5.10 Å². The molecule has 0 saturated heterocycles. The molecule has 3 rings (SSSR count). The van der Waals surface area contributed by atoms with Crippen molar-refractivity contribution in [2.24, 2.45) is 0 Å². The maximum Gasteiger partial charge on any atom is 0.354 e. The molecule has 1 aromatic carbocycles. The van der Waals surface area contributed by atoms with E-state index in [9.17, 15) is 14.9 Å². The minimum atomic E-state index is -1.11. The van der Waals surface area contributed by atoms with Crippen molar-refractivity contribution in [3.05, 3.63) is 58.3 Å². The fourth-order valence-corrected chi connectivity index (χ4v) is 1.92. The predicted octanol–water partition coefficient (Wildman–Crippen LogP) is 2.00. The van der Waals surface area contributed by atoms with Crippen molar-refractivity contribution in [3.8, 4) is 11.4 Å². The molecule has 0 unspecified atom stereocenters. The van der Waals surface area contributed by atoms with E-state index in [0.29, 0.717) is 17.0 Å². The van der Waals surface area contributed by atoms with Gasteiger partial charge in [-0.25, -0.2) is 14.3 Å². The number of benzene rings is 1. The van der Waals surface area contributed by atoms with Crippen LogP contribution in [0.3, 0.4) is 0 Å². The lowest BCUT2D eigenvalue weighted by molar-refractivity contribution is -0.384. The molecule has 0 atom stereocenters. The van der Waals surface area contributed by atoms with E-state index in [4.69, 9.17) is 5.11 Å². The van der Waals surface area contributed by atoms with Gasteiger partial charge in [0.15, 0.2) is 17.2 Å². The second-order valence-corrected chi connectivity index (χ2v) is 4.23. The Bertz CT molecular complexity index is 854. The summed E-state index contributed by atoms with van der Waals surface area (Å²) >= 11 is 0. The molecule has 0 amide bonds. The summed E-state index contributed by atoms with van der Waals surface area (Å²) < 4.78 is 1.22. The van der Waals surface area contributed by atoms with Crippen LogP contribution in [0.5, 0.6) is 0 Å². The van der Waals surface area contributed by atoms with Gasteiger partial charge in [0.25, 0.3) is 5.69 Å². The molecule has 21 heavy (non-hydrogen) atoms. The molecule has 0 saturated carbocycles. The van der Waals surface area contributed by atoms with E-state index < -0.39 is 10.9 Å². The number of carbonyl (C=O) groups is 1. The van der Waals surface area contributed by atoms with Gasteiger partial charge in [-0.2, -0.15) is 0 Å². The topological polar surface area (TPSA) is 111 Å². The number of pyridine rings is 1. The Morgan fingerprint density at radius 1 is 1.19 bits per heavy atom. The van der Waals surface area contributed by atoms with Gasteiger partial charge >= 0.3 is 5.97 Å². The van der Waals surface area contributed by atoms with E-state index in [1.54, 1.807) is 12.1 Å². The number of carboxylic acids is 1. The molecule has 1 N–H and O–H groups in total. The molecule has 0 radical (unpaired) electrons. The first-order chi connectivity index (χ1) is 10.1. The summed E-state index contributed by atoms with van der Waals surface area (Å²) in [5, 5.41) is 23.8. The van der Waals surface area contributed by atoms with Crippen molar-refractivity contribution in [1.82, 2.24) is 14.6 Å². The minimum Gasteiger partial charge on any atom is -0.477 e. The van der Waals surface area contributed by atoms with E-state index in [0.717, 1.165) is 0 Å². The average Bonchev–Trinajstić information content (AvgIpc) is 2.90. The van der Waals surface area contributed by atoms with Crippen LogP contribution >= 0.6 is 0 Å². The normalized spacial score (nSPS) is 10.7. The molecule has 0 bridgehead atoms. The molecule has 0 aliphatic carbocycles. The van der Waals surface area contributed by atoms with Crippen LogP contribution in [-0.2, 0) is 0 Å².